The number of aromatic nitrogens is 4. The lowest BCUT2D eigenvalue weighted by Gasteiger charge is -2.07. The van der Waals surface area contributed by atoms with Crippen LogP contribution in [0.15, 0.2) is 65.6 Å². The van der Waals surface area contributed by atoms with E-state index in [4.69, 9.17) is 11.6 Å². The third-order valence-electron chi connectivity index (χ3n) is 5.20. The Hall–Kier alpha value is -4.02. The first-order chi connectivity index (χ1) is 15.1. The summed E-state index contributed by atoms with van der Waals surface area (Å²) in [6, 6.07) is 17.5. The second-order valence-corrected chi connectivity index (χ2v) is 8.32. The van der Waals surface area contributed by atoms with Crippen LogP contribution in [0.4, 0.5) is 5.69 Å². The molecule has 0 saturated heterocycles. The van der Waals surface area contributed by atoms with Gasteiger partial charge in [-0.25, -0.2) is 14.8 Å². The fourth-order valence-corrected chi connectivity index (χ4v) is 4.67. The molecule has 0 aliphatic carbocycles. The van der Waals surface area contributed by atoms with Gasteiger partial charge < -0.3 is 5.10 Å². The fourth-order valence-electron chi connectivity index (χ4n) is 3.71. The average Bonchev–Trinajstić information content (AvgIpc) is 3.39. The maximum absolute atomic E-state index is 12.3. The summed E-state index contributed by atoms with van der Waals surface area (Å²) in [7, 11) is 0. The van der Waals surface area contributed by atoms with Crippen molar-refractivity contribution in [3.05, 3.63) is 98.7 Å². The summed E-state index contributed by atoms with van der Waals surface area (Å²) in [4.78, 5) is 26.4. The van der Waals surface area contributed by atoms with Crippen molar-refractivity contribution >= 4 is 27.9 Å². The van der Waals surface area contributed by atoms with Gasteiger partial charge in [-0.2, -0.15) is 0 Å². The van der Waals surface area contributed by atoms with Gasteiger partial charge >= 0.3 is 0 Å². The number of thiazole rings is 1. The molecule has 0 spiro atoms. The molecule has 0 bridgehead atoms. The predicted octanol–water partition coefficient (Wildman–Crippen LogP) is 5.49. The van der Waals surface area contributed by atoms with Gasteiger partial charge in [-0.3, -0.25) is 9.89 Å². The summed E-state index contributed by atoms with van der Waals surface area (Å²) >= 11 is 1.59. The van der Waals surface area contributed by atoms with E-state index >= 15 is 0 Å². The normalized spacial score (nSPS) is 11.0. The third kappa shape index (κ3) is 3.43. The molecule has 0 aliphatic heterocycles. The van der Waals surface area contributed by atoms with E-state index in [9.17, 15) is 4.79 Å². The Labute approximate surface area is 182 Å². The van der Waals surface area contributed by atoms with E-state index in [2.05, 4.69) is 20.0 Å². The van der Waals surface area contributed by atoms with Gasteiger partial charge in [-0.15, -0.1) is 11.3 Å². The molecular weight excluding hydrogens is 406 g/mol. The van der Waals surface area contributed by atoms with E-state index in [0.717, 1.165) is 37.6 Å². The van der Waals surface area contributed by atoms with Crippen molar-refractivity contribution in [1.82, 2.24) is 20.2 Å². The van der Waals surface area contributed by atoms with Gasteiger partial charge in [-0.1, -0.05) is 42.5 Å². The Balaban J connectivity index is 1.62. The molecule has 0 aliphatic rings. The maximum Gasteiger partial charge on any atom is 0.273 e. The molecule has 0 amide bonds. The van der Waals surface area contributed by atoms with Crippen molar-refractivity contribution in [2.75, 3.05) is 0 Å². The molecule has 0 radical (unpaired) electrons. The van der Waals surface area contributed by atoms with Crippen molar-refractivity contribution < 1.29 is 0 Å². The highest BCUT2D eigenvalue weighted by molar-refractivity contribution is 7.15. The Morgan fingerprint density at radius 1 is 1.10 bits per heavy atom. The molecule has 0 fully saturated rings. The summed E-state index contributed by atoms with van der Waals surface area (Å²) in [5.74, 6) is 0. The molecule has 2 aromatic carbocycles. The van der Waals surface area contributed by atoms with Crippen LogP contribution in [0, 0.1) is 13.5 Å². The van der Waals surface area contributed by atoms with Crippen LogP contribution in [-0.2, 0) is 6.42 Å². The van der Waals surface area contributed by atoms with Gasteiger partial charge in [0.15, 0.2) is 5.69 Å². The van der Waals surface area contributed by atoms with Crippen molar-refractivity contribution in [2.24, 2.45) is 0 Å². The second-order valence-electron chi connectivity index (χ2n) is 7.20. The number of nitrogens with one attached hydrogen (secondary N) is 2. The third-order valence-corrected chi connectivity index (χ3v) is 6.23. The number of para-hydroxylation sites is 2. The number of hydrogen-bond donors (Lipinski definition) is 2. The first kappa shape index (κ1) is 19.0. The minimum Gasteiger partial charge on any atom is -0.302 e. The molecule has 150 valence electrons. The minimum absolute atomic E-state index is 0.193. The van der Waals surface area contributed by atoms with Crippen molar-refractivity contribution in [2.45, 2.75) is 13.3 Å². The van der Waals surface area contributed by atoms with E-state index in [1.54, 1.807) is 11.3 Å². The smallest absolute Gasteiger partial charge is 0.273 e. The van der Waals surface area contributed by atoms with Crippen LogP contribution in [0.1, 0.15) is 16.1 Å². The van der Waals surface area contributed by atoms with Crippen LogP contribution in [0.3, 0.4) is 0 Å². The van der Waals surface area contributed by atoms with Crippen LogP contribution >= 0.6 is 11.3 Å². The Morgan fingerprint density at radius 2 is 1.90 bits per heavy atom. The van der Waals surface area contributed by atoms with Gasteiger partial charge in [-0.05, 0) is 31.0 Å². The molecule has 0 unspecified atom stereocenters. The second kappa shape index (κ2) is 7.67. The zero-order valence-electron chi connectivity index (χ0n) is 16.6. The number of hydrogen-bond acceptors (Lipinski definition) is 4. The monoisotopic (exact) mass is 423 g/mol. The number of aromatic amines is 2. The largest absolute Gasteiger partial charge is 0.302 e. The van der Waals surface area contributed by atoms with Crippen LogP contribution in [-0.4, -0.2) is 20.2 Å². The Bertz CT molecular complexity index is 1520. The van der Waals surface area contributed by atoms with E-state index < -0.39 is 0 Å². The van der Waals surface area contributed by atoms with Crippen LogP contribution < -0.4 is 5.56 Å². The van der Waals surface area contributed by atoms with Crippen LogP contribution in [0.5, 0.6) is 0 Å². The summed E-state index contributed by atoms with van der Waals surface area (Å²) in [5.41, 5.74) is 5.11. The number of nitrogens with zero attached hydrogens (tertiary/aromatic N) is 3. The van der Waals surface area contributed by atoms with Crippen LogP contribution in [0.25, 0.3) is 37.6 Å². The van der Waals surface area contributed by atoms with E-state index in [1.165, 1.54) is 0 Å². The Kier molecular flexibility index (Phi) is 4.69. The highest BCUT2D eigenvalue weighted by Crippen LogP contribution is 2.35. The topological polar surface area (TPSA) is 78.8 Å². The molecule has 5 rings (SSSR count). The number of fused-ring (bicyclic) bond motifs is 1. The standard InChI is InChI=1S/C24H17N5OS/c1-14-22(23(30)29-28-14)21-12-18(17-8-4-6-10-20(17)27-21)24-26-13-16(31-24)11-15-7-3-5-9-19(15)25-2/h3-10,12-13H,11H2,1H3,(H2,28,29,30). The molecule has 3 heterocycles. The van der Waals surface area contributed by atoms with E-state index in [-0.39, 0.29) is 5.56 Å². The zero-order valence-corrected chi connectivity index (χ0v) is 17.5. The first-order valence-electron chi connectivity index (χ1n) is 9.72. The van der Waals surface area contributed by atoms with Gasteiger partial charge in [0.05, 0.1) is 23.3 Å². The summed E-state index contributed by atoms with van der Waals surface area (Å²) in [6.45, 7) is 9.23. The van der Waals surface area contributed by atoms with E-state index in [0.29, 0.717) is 23.4 Å². The van der Waals surface area contributed by atoms with Crippen molar-refractivity contribution in [1.29, 1.82) is 0 Å². The molecule has 7 heteroatoms. The highest BCUT2D eigenvalue weighted by Gasteiger charge is 2.17. The number of aryl methyl sites for hydroxylation is 1. The lowest BCUT2D eigenvalue weighted by molar-refractivity contribution is 1.02. The SMILES string of the molecule is [C-]#[N+]c1ccccc1Cc1cnc(-c2cc(-c3c(C)[nH][nH]c3=O)nc3ccccc23)s1. The number of rotatable bonds is 4. The van der Waals surface area contributed by atoms with Crippen molar-refractivity contribution in [3.8, 4) is 21.8 Å². The molecule has 6 nitrogen and oxygen atoms in total. The summed E-state index contributed by atoms with van der Waals surface area (Å²) in [5, 5.41) is 7.34. The predicted molar refractivity (Wildman–Crippen MR) is 124 cm³/mol. The highest BCUT2D eigenvalue weighted by atomic mass is 32.1. The van der Waals surface area contributed by atoms with Gasteiger partial charge in [0.1, 0.15) is 5.01 Å². The number of H-pyrrole nitrogens is 2. The Morgan fingerprint density at radius 3 is 2.71 bits per heavy atom. The first-order valence-corrected chi connectivity index (χ1v) is 10.5. The number of benzene rings is 2. The van der Waals surface area contributed by atoms with E-state index in [1.807, 2.05) is 67.7 Å². The minimum atomic E-state index is -0.193. The molecule has 2 N–H and O–H groups in total. The maximum atomic E-state index is 12.3. The number of pyridine rings is 1. The van der Waals surface area contributed by atoms with Crippen molar-refractivity contribution in [3.63, 3.8) is 0 Å². The molecular formula is C24H17N5OS. The van der Waals surface area contributed by atoms with Gasteiger partial charge in [0.2, 0.25) is 0 Å². The van der Waals surface area contributed by atoms with Gasteiger partial charge in [0, 0.05) is 27.7 Å². The average molecular weight is 424 g/mol. The molecule has 0 atom stereocenters. The van der Waals surface area contributed by atoms with Gasteiger partial charge in [0.25, 0.3) is 5.56 Å². The summed E-state index contributed by atoms with van der Waals surface area (Å²) in [6.07, 6.45) is 2.52. The summed E-state index contributed by atoms with van der Waals surface area (Å²) < 4.78 is 0. The fraction of sp³-hybridized carbons (Fsp3) is 0.0833. The molecule has 5 aromatic rings. The zero-order chi connectivity index (χ0) is 21.4. The molecule has 3 aromatic heterocycles. The quantitative estimate of drug-likeness (QED) is 0.375. The molecule has 31 heavy (non-hydrogen) atoms. The lowest BCUT2D eigenvalue weighted by atomic mass is 10.0. The lowest BCUT2D eigenvalue weighted by Crippen LogP contribution is -2.03. The van der Waals surface area contributed by atoms with Crippen LogP contribution in [0.2, 0.25) is 0 Å². The molecule has 0 saturated carbocycles.